The highest BCUT2D eigenvalue weighted by Gasteiger charge is 2.43. The van der Waals surface area contributed by atoms with Gasteiger partial charge in [0.2, 0.25) is 0 Å². The van der Waals surface area contributed by atoms with Crippen LogP contribution < -0.4 is 9.47 Å². The molecular weight excluding hydrogens is 596 g/mol. The molecule has 6 aromatic rings. The molecular formula is C38H24N2O7. The van der Waals surface area contributed by atoms with E-state index in [2.05, 4.69) is 0 Å². The van der Waals surface area contributed by atoms with Crippen molar-refractivity contribution in [3.8, 4) is 33.8 Å². The van der Waals surface area contributed by atoms with Crippen LogP contribution in [0.25, 0.3) is 43.8 Å². The Morgan fingerprint density at radius 3 is 1.21 bits per heavy atom. The van der Waals surface area contributed by atoms with Gasteiger partial charge in [-0.25, -0.2) is 0 Å². The molecule has 0 radical (unpaired) electrons. The second-order valence-corrected chi connectivity index (χ2v) is 11.1. The molecule has 0 fully saturated rings. The lowest BCUT2D eigenvalue weighted by atomic mass is 9.88. The minimum Gasteiger partial charge on any atom is -0.497 e. The fourth-order valence-electron chi connectivity index (χ4n) is 6.42. The molecule has 2 aliphatic heterocycles. The summed E-state index contributed by atoms with van der Waals surface area (Å²) in [5.41, 5.74) is 3.32. The van der Waals surface area contributed by atoms with Gasteiger partial charge in [-0.05, 0) is 69.4 Å². The van der Waals surface area contributed by atoms with Gasteiger partial charge in [0, 0.05) is 10.8 Å². The molecule has 0 spiro atoms. The van der Waals surface area contributed by atoms with Crippen LogP contribution in [0.3, 0.4) is 0 Å². The summed E-state index contributed by atoms with van der Waals surface area (Å²) in [5.74, 6) is -1.93. The standard InChI is InChI=1S/C38H24N2O7/c1-45-25-15-9-21(10-16-25)27-19-13-23-5-3-7-29-31(23)33(27)37(43)39(35(29)41)47-40-36(42)30-8-4-6-24-14-20-28(34(32(24)30)38(40)44)22-11-17-26(46-2)18-12-22/h3-20H,1-2H3. The molecule has 0 aromatic heterocycles. The Balaban J connectivity index is 1.25. The largest absolute Gasteiger partial charge is 0.497 e. The highest BCUT2D eigenvalue weighted by Crippen LogP contribution is 2.40. The number of carbonyl (C=O) groups is 4. The minimum atomic E-state index is -0.807. The van der Waals surface area contributed by atoms with Crippen LogP contribution in [-0.4, -0.2) is 48.0 Å². The van der Waals surface area contributed by atoms with Crippen LogP contribution in [0.2, 0.25) is 0 Å². The van der Waals surface area contributed by atoms with Crippen LogP contribution in [-0.2, 0) is 4.94 Å². The van der Waals surface area contributed by atoms with Gasteiger partial charge in [0.25, 0.3) is 23.6 Å². The second-order valence-electron chi connectivity index (χ2n) is 11.1. The maximum atomic E-state index is 14.3. The lowest BCUT2D eigenvalue weighted by molar-refractivity contribution is -0.220. The molecule has 0 N–H and O–H groups in total. The maximum absolute atomic E-state index is 14.3. The van der Waals surface area contributed by atoms with E-state index in [1.807, 2.05) is 48.5 Å². The highest BCUT2D eigenvalue weighted by atomic mass is 16.9. The van der Waals surface area contributed by atoms with Gasteiger partial charge in [-0.3, -0.25) is 19.2 Å². The summed E-state index contributed by atoms with van der Waals surface area (Å²) in [7, 11) is 3.13. The summed E-state index contributed by atoms with van der Waals surface area (Å²) in [4.78, 5) is 62.3. The van der Waals surface area contributed by atoms with Gasteiger partial charge in [0.1, 0.15) is 11.5 Å². The molecule has 0 atom stereocenters. The Hall–Kier alpha value is -6.32. The Labute approximate surface area is 268 Å². The van der Waals surface area contributed by atoms with Crippen molar-refractivity contribution in [3.05, 3.63) is 131 Å². The highest BCUT2D eigenvalue weighted by molar-refractivity contribution is 6.29. The van der Waals surface area contributed by atoms with Crippen molar-refractivity contribution in [1.29, 1.82) is 0 Å². The molecule has 4 amide bonds. The number of methoxy groups -OCH3 is 2. The molecule has 2 aliphatic rings. The van der Waals surface area contributed by atoms with Crippen LogP contribution in [0.4, 0.5) is 0 Å². The van der Waals surface area contributed by atoms with Crippen molar-refractivity contribution in [3.63, 3.8) is 0 Å². The number of hydrogen-bond donors (Lipinski definition) is 0. The summed E-state index contributed by atoms with van der Waals surface area (Å²) in [6.45, 7) is 0. The Bertz CT molecular complexity index is 2160. The van der Waals surface area contributed by atoms with E-state index >= 15 is 0 Å². The molecule has 228 valence electrons. The summed E-state index contributed by atoms with van der Waals surface area (Å²) in [6.07, 6.45) is 0. The van der Waals surface area contributed by atoms with E-state index in [4.69, 9.17) is 14.4 Å². The molecule has 9 nitrogen and oxygen atoms in total. The quantitative estimate of drug-likeness (QED) is 0.183. The lowest BCUT2D eigenvalue weighted by Crippen LogP contribution is -2.50. The van der Waals surface area contributed by atoms with E-state index in [1.165, 1.54) is 0 Å². The van der Waals surface area contributed by atoms with Crippen molar-refractivity contribution >= 4 is 45.2 Å². The summed E-state index contributed by atoms with van der Waals surface area (Å²) in [6, 6.07) is 31.8. The van der Waals surface area contributed by atoms with Crippen molar-refractivity contribution < 1.29 is 33.6 Å². The molecule has 9 heteroatoms. The number of hydroxylamine groups is 4. The molecule has 8 rings (SSSR count). The summed E-state index contributed by atoms with van der Waals surface area (Å²) < 4.78 is 10.6. The number of benzene rings is 6. The van der Waals surface area contributed by atoms with Gasteiger partial charge in [-0.2, -0.15) is 0 Å². The Kier molecular flexibility index (Phi) is 6.38. The van der Waals surface area contributed by atoms with Crippen LogP contribution in [0.15, 0.2) is 109 Å². The lowest BCUT2D eigenvalue weighted by Gasteiger charge is -2.32. The van der Waals surface area contributed by atoms with Crippen molar-refractivity contribution in [2.45, 2.75) is 0 Å². The van der Waals surface area contributed by atoms with Crippen molar-refractivity contribution in [2.24, 2.45) is 0 Å². The first-order chi connectivity index (χ1) is 22.9. The third-order valence-electron chi connectivity index (χ3n) is 8.68. The van der Waals surface area contributed by atoms with E-state index in [0.29, 0.717) is 65.4 Å². The Morgan fingerprint density at radius 2 is 0.830 bits per heavy atom. The number of rotatable bonds is 6. The van der Waals surface area contributed by atoms with Crippen molar-refractivity contribution in [1.82, 2.24) is 10.1 Å². The molecule has 2 heterocycles. The fourth-order valence-corrected chi connectivity index (χ4v) is 6.42. The smallest absolute Gasteiger partial charge is 0.288 e. The summed E-state index contributed by atoms with van der Waals surface area (Å²) >= 11 is 0. The van der Waals surface area contributed by atoms with E-state index in [1.54, 1.807) is 74.9 Å². The zero-order chi connectivity index (χ0) is 32.4. The van der Waals surface area contributed by atoms with E-state index in [-0.39, 0.29) is 22.3 Å². The van der Waals surface area contributed by atoms with E-state index in [9.17, 15) is 19.2 Å². The first kappa shape index (κ1) is 28.2. The molecule has 0 saturated carbocycles. The first-order valence-corrected chi connectivity index (χ1v) is 14.8. The molecule has 0 unspecified atom stereocenters. The molecule has 0 saturated heterocycles. The molecule has 0 bridgehead atoms. The van der Waals surface area contributed by atoms with E-state index < -0.39 is 23.6 Å². The number of imide groups is 2. The van der Waals surface area contributed by atoms with Gasteiger partial charge in [-0.1, -0.05) is 72.8 Å². The third kappa shape index (κ3) is 4.21. The van der Waals surface area contributed by atoms with Gasteiger partial charge in [0.15, 0.2) is 0 Å². The SMILES string of the molecule is COc1ccc(-c2ccc3cccc4c3c2C(=O)N(ON2C(=O)c3cccc5ccc(-c6ccc(OC)cc6)c(c35)C2=O)C4=O)cc1. The number of nitrogens with zero attached hydrogens (tertiary/aromatic N) is 2. The average molecular weight is 621 g/mol. The number of hydrogen-bond acceptors (Lipinski definition) is 7. The van der Waals surface area contributed by atoms with Crippen molar-refractivity contribution in [2.75, 3.05) is 14.2 Å². The summed E-state index contributed by atoms with van der Waals surface area (Å²) in [5, 5.41) is 3.30. The molecule has 47 heavy (non-hydrogen) atoms. The van der Waals surface area contributed by atoms with Crippen LogP contribution >= 0.6 is 0 Å². The van der Waals surface area contributed by atoms with Gasteiger partial charge in [-0.15, -0.1) is 15.1 Å². The number of amides is 4. The zero-order valence-electron chi connectivity index (χ0n) is 25.1. The third-order valence-corrected chi connectivity index (χ3v) is 8.68. The predicted molar refractivity (Wildman–Crippen MR) is 174 cm³/mol. The second kappa shape index (κ2) is 10.6. The van der Waals surface area contributed by atoms with Crippen LogP contribution in [0, 0.1) is 0 Å². The molecule has 0 aliphatic carbocycles. The van der Waals surface area contributed by atoms with E-state index in [0.717, 1.165) is 0 Å². The first-order valence-electron chi connectivity index (χ1n) is 14.8. The zero-order valence-corrected chi connectivity index (χ0v) is 25.1. The topological polar surface area (TPSA) is 102 Å². The van der Waals surface area contributed by atoms with Crippen LogP contribution in [0.1, 0.15) is 41.4 Å². The van der Waals surface area contributed by atoms with Gasteiger partial charge in [0.05, 0.1) is 36.5 Å². The number of ether oxygens (including phenoxy) is 2. The fraction of sp³-hybridized carbons (Fsp3) is 0.0526. The normalized spacial score (nSPS) is 13.9. The average Bonchev–Trinajstić information content (AvgIpc) is 3.12. The maximum Gasteiger partial charge on any atom is 0.288 e. The Morgan fingerprint density at radius 1 is 0.426 bits per heavy atom. The van der Waals surface area contributed by atoms with Crippen LogP contribution in [0.5, 0.6) is 11.5 Å². The van der Waals surface area contributed by atoms with Gasteiger partial charge < -0.3 is 9.47 Å². The molecule has 6 aromatic carbocycles. The predicted octanol–water partition coefficient (Wildman–Crippen LogP) is 7.08. The van der Waals surface area contributed by atoms with Gasteiger partial charge >= 0.3 is 0 Å². The minimum absolute atomic E-state index is 0.200. The monoisotopic (exact) mass is 620 g/mol. The number of carbonyl (C=O) groups excluding carboxylic acids is 4.